The molecule has 1 unspecified atom stereocenters. The number of anilines is 1. The molecule has 0 amide bonds. The number of hydrogen-bond acceptors (Lipinski definition) is 3. The van der Waals surface area contributed by atoms with Gasteiger partial charge in [0, 0.05) is 11.6 Å². The molecule has 0 aliphatic heterocycles. The predicted molar refractivity (Wildman–Crippen MR) is 122 cm³/mol. The van der Waals surface area contributed by atoms with E-state index in [1.807, 2.05) is 68.5 Å². The molecule has 30 heavy (non-hydrogen) atoms. The molecule has 1 atom stereocenters. The van der Waals surface area contributed by atoms with E-state index in [1.165, 1.54) is 4.31 Å². The van der Waals surface area contributed by atoms with Crippen molar-refractivity contribution < 1.29 is 13.5 Å². The van der Waals surface area contributed by atoms with Crippen LogP contribution in [0.15, 0.2) is 102 Å². The van der Waals surface area contributed by atoms with E-state index in [9.17, 15) is 13.5 Å². The van der Waals surface area contributed by atoms with Crippen LogP contribution in [0, 0.1) is 6.92 Å². The molecule has 0 radical (unpaired) electrons. The van der Waals surface area contributed by atoms with Crippen LogP contribution in [0.4, 0.5) is 5.69 Å². The first-order valence-corrected chi connectivity index (χ1v) is 11.3. The minimum absolute atomic E-state index is 0.0442. The molecule has 0 aliphatic carbocycles. The number of benzene rings is 3. The lowest BCUT2D eigenvalue weighted by Gasteiger charge is -2.27. The van der Waals surface area contributed by atoms with Crippen LogP contribution in [0.2, 0.25) is 0 Å². The molecule has 156 valence electrons. The van der Waals surface area contributed by atoms with Crippen LogP contribution in [0.1, 0.15) is 24.5 Å². The average molecular weight is 422 g/mol. The maximum Gasteiger partial charge on any atom is 0.268 e. The summed E-state index contributed by atoms with van der Waals surface area (Å²) in [4.78, 5) is 0.231. The van der Waals surface area contributed by atoms with Gasteiger partial charge in [0.1, 0.15) is 0 Å². The SMILES string of the molecule is Cc1ccc(S(=O)(=O)N(/C=C/CC(C)(CO)c2ccccc2)c2ccccc2)cc1. The Morgan fingerprint density at radius 3 is 2.03 bits per heavy atom. The van der Waals surface area contributed by atoms with Gasteiger partial charge in [0.15, 0.2) is 0 Å². The van der Waals surface area contributed by atoms with E-state index in [2.05, 4.69) is 0 Å². The molecular formula is C25H27NO3S. The van der Waals surface area contributed by atoms with Crippen molar-refractivity contribution in [2.24, 2.45) is 0 Å². The number of aliphatic hydroxyl groups is 1. The van der Waals surface area contributed by atoms with E-state index < -0.39 is 15.4 Å². The van der Waals surface area contributed by atoms with Gasteiger partial charge >= 0.3 is 0 Å². The van der Waals surface area contributed by atoms with Crippen molar-refractivity contribution in [2.45, 2.75) is 30.6 Å². The molecule has 1 N–H and O–H groups in total. The maximum absolute atomic E-state index is 13.4. The van der Waals surface area contributed by atoms with E-state index in [-0.39, 0.29) is 11.5 Å². The Labute approximate surface area is 179 Å². The van der Waals surface area contributed by atoms with Crippen LogP contribution in [0.25, 0.3) is 0 Å². The number of nitrogens with zero attached hydrogens (tertiary/aromatic N) is 1. The number of rotatable bonds is 8. The van der Waals surface area contributed by atoms with Crippen molar-refractivity contribution in [3.63, 3.8) is 0 Å². The normalized spacial score (nSPS) is 13.8. The molecular weight excluding hydrogens is 394 g/mol. The van der Waals surface area contributed by atoms with E-state index in [1.54, 1.807) is 42.6 Å². The third kappa shape index (κ3) is 4.81. The van der Waals surface area contributed by atoms with Crippen LogP contribution in [-0.2, 0) is 15.4 Å². The smallest absolute Gasteiger partial charge is 0.268 e. The zero-order valence-electron chi connectivity index (χ0n) is 17.3. The molecule has 0 aromatic heterocycles. The molecule has 4 nitrogen and oxygen atoms in total. The Balaban J connectivity index is 1.95. The molecule has 0 fully saturated rings. The molecule has 5 heteroatoms. The second-order valence-corrected chi connectivity index (χ2v) is 9.44. The zero-order chi connectivity index (χ0) is 21.6. The number of para-hydroxylation sites is 1. The summed E-state index contributed by atoms with van der Waals surface area (Å²) in [5.74, 6) is 0. The summed E-state index contributed by atoms with van der Waals surface area (Å²) in [6.45, 7) is 3.84. The van der Waals surface area contributed by atoms with Crippen molar-refractivity contribution in [1.82, 2.24) is 0 Å². The van der Waals surface area contributed by atoms with Gasteiger partial charge in [0.25, 0.3) is 10.0 Å². The van der Waals surface area contributed by atoms with Gasteiger partial charge in [-0.1, -0.05) is 79.2 Å². The number of sulfonamides is 1. The number of allylic oxidation sites excluding steroid dienone is 1. The summed E-state index contributed by atoms with van der Waals surface area (Å²) in [6.07, 6.45) is 3.88. The summed E-state index contributed by atoms with van der Waals surface area (Å²) < 4.78 is 28.0. The van der Waals surface area contributed by atoms with Crippen molar-refractivity contribution in [2.75, 3.05) is 10.9 Å². The molecule has 0 aliphatic rings. The lowest BCUT2D eigenvalue weighted by atomic mass is 9.80. The minimum Gasteiger partial charge on any atom is -0.395 e. The third-order valence-corrected chi connectivity index (χ3v) is 6.94. The van der Waals surface area contributed by atoms with Crippen LogP contribution < -0.4 is 4.31 Å². The monoisotopic (exact) mass is 421 g/mol. The van der Waals surface area contributed by atoms with Crippen molar-refractivity contribution in [3.05, 3.63) is 108 Å². The average Bonchev–Trinajstić information content (AvgIpc) is 2.78. The predicted octanol–water partition coefficient (Wildman–Crippen LogP) is 5.04. The Morgan fingerprint density at radius 1 is 0.900 bits per heavy atom. The molecule has 0 saturated carbocycles. The van der Waals surface area contributed by atoms with Crippen LogP contribution in [-0.4, -0.2) is 20.1 Å². The highest BCUT2D eigenvalue weighted by atomic mass is 32.2. The Bertz CT molecular complexity index is 1080. The fourth-order valence-electron chi connectivity index (χ4n) is 3.23. The van der Waals surface area contributed by atoms with Crippen LogP contribution in [0.5, 0.6) is 0 Å². The summed E-state index contributed by atoms with van der Waals surface area (Å²) in [7, 11) is -3.78. The molecule has 3 rings (SSSR count). The molecule has 0 bridgehead atoms. The Kier molecular flexibility index (Phi) is 6.75. The second kappa shape index (κ2) is 9.28. The van der Waals surface area contributed by atoms with Crippen molar-refractivity contribution in [1.29, 1.82) is 0 Å². The van der Waals surface area contributed by atoms with E-state index in [0.29, 0.717) is 12.1 Å². The Hall–Kier alpha value is -2.89. The highest BCUT2D eigenvalue weighted by Crippen LogP contribution is 2.29. The van der Waals surface area contributed by atoms with Crippen molar-refractivity contribution >= 4 is 15.7 Å². The molecule has 0 heterocycles. The van der Waals surface area contributed by atoms with Gasteiger partial charge in [-0.15, -0.1) is 0 Å². The first kappa shape index (κ1) is 21.8. The minimum atomic E-state index is -3.78. The quantitative estimate of drug-likeness (QED) is 0.554. The first-order valence-electron chi connectivity index (χ1n) is 9.86. The summed E-state index contributed by atoms with van der Waals surface area (Å²) in [5, 5.41) is 10.0. The molecule has 3 aromatic carbocycles. The van der Waals surface area contributed by atoms with Gasteiger partial charge in [-0.2, -0.15) is 0 Å². The second-order valence-electron chi connectivity index (χ2n) is 7.62. The lowest BCUT2D eigenvalue weighted by molar-refractivity contribution is 0.207. The fraction of sp³-hybridized carbons (Fsp3) is 0.200. The Morgan fingerprint density at radius 2 is 1.47 bits per heavy atom. The van der Waals surface area contributed by atoms with E-state index in [0.717, 1.165) is 11.1 Å². The third-order valence-electron chi connectivity index (χ3n) is 5.22. The van der Waals surface area contributed by atoms with Gasteiger partial charge in [-0.3, -0.25) is 0 Å². The van der Waals surface area contributed by atoms with Crippen LogP contribution >= 0.6 is 0 Å². The highest BCUT2D eigenvalue weighted by Gasteiger charge is 2.26. The largest absolute Gasteiger partial charge is 0.395 e. The van der Waals surface area contributed by atoms with Gasteiger partial charge in [0.05, 0.1) is 17.2 Å². The number of aliphatic hydroxyl groups excluding tert-OH is 1. The van der Waals surface area contributed by atoms with E-state index >= 15 is 0 Å². The topological polar surface area (TPSA) is 57.6 Å². The van der Waals surface area contributed by atoms with E-state index in [4.69, 9.17) is 0 Å². The van der Waals surface area contributed by atoms with Crippen LogP contribution in [0.3, 0.4) is 0 Å². The fourth-order valence-corrected chi connectivity index (χ4v) is 4.58. The zero-order valence-corrected chi connectivity index (χ0v) is 18.1. The molecule has 0 spiro atoms. The number of aryl methyl sites for hydroxylation is 1. The standard InChI is InChI=1S/C25H27NO3S/c1-21-14-16-24(17-15-21)30(28,29)26(23-12-7-4-8-13-23)19-9-18-25(2,20-27)22-10-5-3-6-11-22/h3-17,19,27H,18,20H2,1-2H3/b19-9+. The summed E-state index contributed by atoms with van der Waals surface area (Å²) >= 11 is 0. The number of hydrogen-bond donors (Lipinski definition) is 1. The van der Waals surface area contributed by atoms with Gasteiger partial charge in [-0.25, -0.2) is 12.7 Å². The van der Waals surface area contributed by atoms with Gasteiger partial charge in [0.2, 0.25) is 0 Å². The first-order chi connectivity index (χ1) is 14.4. The molecule has 0 saturated heterocycles. The summed E-state index contributed by atoms with van der Waals surface area (Å²) in [5.41, 5.74) is 2.05. The lowest BCUT2D eigenvalue weighted by Crippen LogP contribution is -2.28. The summed E-state index contributed by atoms with van der Waals surface area (Å²) in [6, 6.07) is 25.6. The van der Waals surface area contributed by atoms with Gasteiger partial charge in [-0.05, 0) is 43.2 Å². The molecule has 3 aromatic rings. The van der Waals surface area contributed by atoms with Crippen molar-refractivity contribution in [3.8, 4) is 0 Å². The highest BCUT2D eigenvalue weighted by molar-refractivity contribution is 7.93. The van der Waals surface area contributed by atoms with Gasteiger partial charge < -0.3 is 5.11 Å². The maximum atomic E-state index is 13.4.